The number of benzene rings is 2. The number of fused-ring (bicyclic) bond motifs is 1. The normalized spacial score (nSPS) is 12.9. The quantitative estimate of drug-likeness (QED) is 0.435. The van der Waals surface area contributed by atoms with Crippen LogP contribution in [0.15, 0.2) is 42.6 Å². The molecule has 3 aromatic rings. The van der Waals surface area contributed by atoms with Crippen LogP contribution in [0, 0.1) is 12.7 Å². The number of hydrogen-bond acceptors (Lipinski definition) is 7. The first-order valence-electron chi connectivity index (χ1n) is 10.7. The first-order valence-corrected chi connectivity index (χ1v) is 12.6. The van der Waals surface area contributed by atoms with E-state index in [4.69, 9.17) is 0 Å². The zero-order valence-electron chi connectivity index (χ0n) is 19.6. The Morgan fingerprint density at radius 2 is 1.92 bits per heavy atom. The van der Waals surface area contributed by atoms with E-state index in [0.717, 1.165) is 16.8 Å². The number of aromatic nitrogens is 2. The van der Waals surface area contributed by atoms with E-state index >= 15 is 0 Å². The van der Waals surface area contributed by atoms with Gasteiger partial charge in [-0.15, -0.1) is 0 Å². The molecule has 1 amide bonds. The summed E-state index contributed by atoms with van der Waals surface area (Å²) in [5.74, 6) is -2.09. The highest BCUT2D eigenvalue weighted by Crippen LogP contribution is 2.33. The summed E-state index contributed by atoms with van der Waals surface area (Å²) >= 11 is 0. The summed E-state index contributed by atoms with van der Waals surface area (Å²) in [6.07, 6.45) is 1.88. The van der Waals surface area contributed by atoms with Gasteiger partial charge in [-0.3, -0.25) is 14.0 Å². The van der Waals surface area contributed by atoms with Crippen LogP contribution in [0.1, 0.15) is 16.7 Å². The van der Waals surface area contributed by atoms with Gasteiger partial charge in [-0.1, -0.05) is 18.2 Å². The van der Waals surface area contributed by atoms with Gasteiger partial charge in [0.2, 0.25) is 21.9 Å². The second-order valence-electron chi connectivity index (χ2n) is 8.26. The van der Waals surface area contributed by atoms with Gasteiger partial charge in [0.1, 0.15) is 0 Å². The molecular weight excluding hydrogens is 497 g/mol. The van der Waals surface area contributed by atoms with E-state index in [0.29, 0.717) is 27.4 Å². The number of carbonyl (C=O) groups is 1. The fourth-order valence-electron chi connectivity index (χ4n) is 3.88. The number of amides is 1. The first-order chi connectivity index (χ1) is 17.0. The molecule has 13 heteroatoms. The van der Waals surface area contributed by atoms with Gasteiger partial charge in [-0.05, 0) is 36.2 Å². The van der Waals surface area contributed by atoms with Crippen molar-refractivity contribution in [1.29, 1.82) is 0 Å². The molecule has 190 valence electrons. The molecule has 0 radical (unpaired) electrons. The fourth-order valence-corrected chi connectivity index (χ4v) is 4.41. The third-order valence-corrected chi connectivity index (χ3v) is 7.01. The molecule has 0 bridgehead atoms. The van der Waals surface area contributed by atoms with E-state index < -0.39 is 34.8 Å². The minimum absolute atomic E-state index is 0.111. The number of anilines is 5. The van der Waals surface area contributed by atoms with Gasteiger partial charge < -0.3 is 10.6 Å². The van der Waals surface area contributed by atoms with Gasteiger partial charge in [0, 0.05) is 24.0 Å². The zero-order chi connectivity index (χ0) is 26.2. The first kappa shape index (κ1) is 25.2. The number of aryl methyl sites for hydroxylation is 1. The minimum Gasteiger partial charge on any atom is -0.325 e. The number of nitrogens with one attached hydrogen (secondary N) is 2. The Labute approximate surface area is 206 Å². The van der Waals surface area contributed by atoms with Gasteiger partial charge >= 0.3 is 6.55 Å². The minimum atomic E-state index is -3.69. The van der Waals surface area contributed by atoms with Crippen LogP contribution in [-0.4, -0.2) is 44.1 Å². The number of alkyl halides is 2. The Morgan fingerprint density at radius 1 is 1.19 bits per heavy atom. The van der Waals surface area contributed by atoms with Gasteiger partial charge in [-0.25, -0.2) is 17.8 Å². The largest absolute Gasteiger partial charge is 0.325 e. The molecule has 2 aromatic carbocycles. The van der Waals surface area contributed by atoms with Gasteiger partial charge in [-0.2, -0.15) is 13.8 Å². The number of rotatable bonds is 8. The summed E-state index contributed by atoms with van der Waals surface area (Å²) in [7, 11) is -2.37. The third-order valence-electron chi connectivity index (χ3n) is 5.82. The van der Waals surface area contributed by atoms with Gasteiger partial charge in [0.05, 0.1) is 31.1 Å². The summed E-state index contributed by atoms with van der Waals surface area (Å²) in [5.41, 5.74) is 2.72. The molecule has 1 aliphatic heterocycles. The molecule has 0 aliphatic carbocycles. The van der Waals surface area contributed by atoms with Crippen molar-refractivity contribution in [2.24, 2.45) is 0 Å². The molecule has 1 aliphatic rings. The van der Waals surface area contributed by atoms with E-state index in [2.05, 4.69) is 20.6 Å². The highest BCUT2D eigenvalue weighted by Gasteiger charge is 2.27. The Morgan fingerprint density at radius 3 is 2.61 bits per heavy atom. The predicted octanol–water partition coefficient (Wildman–Crippen LogP) is 3.79. The van der Waals surface area contributed by atoms with Crippen LogP contribution >= 0.6 is 0 Å². The zero-order valence-corrected chi connectivity index (χ0v) is 20.4. The lowest BCUT2D eigenvalue weighted by Gasteiger charge is -2.28. The maximum absolute atomic E-state index is 14.8. The van der Waals surface area contributed by atoms with Crippen LogP contribution in [0.25, 0.3) is 0 Å². The summed E-state index contributed by atoms with van der Waals surface area (Å²) in [4.78, 5) is 20.0. The van der Waals surface area contributed by atoms with Crippen molar-refractivity contribution in [2.45, 2.75) is 26.4 Å². The van der Waals surface area contributed by atoms with Crippen molar-refractivity contribution < 1.29 is 26.4 Å². The predicted molar refractivity (Wildman–Crippen MR) is 131 cm³/mol. The molecule has 0 fully saturated rings. The number of hydrogen-bond donors (Lipinski definition) is 2. The number of sulfonamides is 1. The van der Waals surface area contributed by atoms with Crippen molar-refractivity contribution in [3.8, 4) is 0 Å². The highest BCUT2D eigenvalue weighted by atomic mass is 32.2. The summed E-state index contributed by atoms with van der Waals surface area (Å²) in [6.45, 7) is -2.04. The van der Waals surface area contributed by atoms with Crippen LogP contribution in [0.2, 0.25) is 0 Å². The SMILES string of the molecule is Cc1cccc(N(C)S(C)(=O)=O)c1CN(c1nc(Nc2cccc3c2CC(=O)N3)ncc1F)C(F)F. The maximum atomic E-state index is 14.8. The van der Waals surface area contributed by atoms with Crippen molar-refractivity contribution >= 4 is 44.8 Å². The van der Waals surface area contributed by atoms with Crippen LogP contribution < -0.4 is 19.8 Å². The van der Waals surface area contributed by atoms with Crippen LogP contribution in [0.3, 0.4) is 0 Å². The highest BCUT2D eigenvalue weighted by molar-refractivity contribution is 7.92. The van der Waals surface area contributed by atoms with Gasteiger partial charge in [0.15, 0.2) is 11.6 Å². The van der Waals surface area contributed by atoms with Crippen molar-refractivity contribution in [3.63, 3.8) is 0 Å². The average Bonchev–Trinajstić information content (AvgIpc) is 3.19. The van der Waals surface area contributed by atoms with Crippen molar-refractivity contribution in [2.75, 3.05) is 33.1 Å². The van der Waals surface area contributed by atoms with Crippen molar-refractivity contribution in [3.05, 3.63) is 65.1 Å². The molecule has 0 saturated heterocycles. The lowest BCUT2D eigenvalue weighted by molar-refractivity contribution is -0.115. The van der Waals surface area contributed by atoms with E-state index in [-0.39, 0.29) is 29.5 Å². The summed E-state index contributed by atoms with van der Waals surface area (Å²) in [6, 6.07) is 9.80. The fraction of sp³-hybridized carbons (Fsp3) is 0.261. The molecule has 0 saturated carbocycles. The monoisotopic (exact) mass is 520 g/mol. The van der Waals surface area contributed by atoms with Crippen LogP contribution in [-0.2, 0) is 27.8 Å². The lowest BCUT2D eigenvalue weighted by Crippen LogP contribution is -2.33. The standard InChI is InChI=1S/C23H23F3N6O3S/c1-13-6-4-9-19(31(2)36(3,34)35)15(13)12-32(22(25)26)21-16(24)11-27-23(30-21)29-18-8-5-7-17-14(18)10-20(33)28-17/h4-9,11,22H,10,12H2,1-3H3,(H,28,33)(H,27,29,30). The van der Waals surface area contributed by atoms with Crippen LogP contribution in [0.4, 0.5) is 42.0 Å². The maximum Gasteiger partial charge on any atom is 0.316 e. The van der Waals surface area contributed by atoms with Gasteiger partial charge in [0.25, 0.3) is 0 Å². The molecular formula is C23H23F3N6O3S. The Bertz CT molecular complexity index is 1430. The van der Waals surface area contributed by atoms with Crippen molar-refractivity contribution in [1.82, 2.24) is 9.97 Å². The Hall–Kier alpha value is -3.87. The number of halogens is 3. The molecule has 0 spiro atoms. The second-order valence-corrected chi connectivity index (χ2v) is 10.3. The summed E-state index contributed by atoms with van der Waals surface area (Å²) < 4.78 is 68.4. The van der Waals surface area contributed by atoms with E-state index in [1.165, 1.54) is 13.1 Å². The molecule has 36 heavy (non-hydrogen) atoms. The topological polar surface area (TPSA) is 108 Å². The van der Waals surface area contributed by atoms with E-state index in [1.807, 2.05) is 0 Å². The molecule has 4 rings (SSSR count). The molecule has 2 N–H and O–H groups in total. The molecule has 2 heterocycles. The Kier molecular flexibility index (Phi) is 6.76. The van der Waals surface area contributed by atoms with E-state index in [1.54, 1.807) is 37.3 Å². The lowest BCUT2D eigenvalue weighted by atomic mass is 10.1. The molecule has 0 unspecified atom stereocenters. The smallest absolute Gasteiger partial charge is 0.316 e. The molecule has 0 atom stereocenters. The Balaban J connectivity index is 1.71. The second kappa shape index (κ2) is 9.64. The molecule has 9 nitrogen and oxygen atoms in total. The average molecular weight is 521 g/mol. The number of carbonyl (C=O) groups excluding carboxylic acids is 1. The molecule has 1 aromatic heterocycles. The van der Waals surface area contributed by atoms with Crippen LogP contribution in [0.5, 0.6) is 0 Å². The summed E-state index contributed by atoms with van der Waals surface area (Å²) in [5, 5.41) is 5.57. The number of nitrogens with zero attached hydrogens (tertiary/aromatic N) is 4. The third kappa shape index (κ3) is 5.05. The van der Waals surface area contributed by atoms with E-state index in [9.17, 15) is 26.4 Å².